The molecule has 0 spiro atoms. The van der Waals surface area contributed by atoms with Gasteiger partial charge in [-0.15, -0.1) is 0 Å². The molecule has 0 aliphatic carbocycles. The molecule has 1 aromatic rings. The van der Waals surface area contributed by atoms with Crippen LogP contribution in [0.3, 0.4) is 0 Å². The van der Waals surface area contributed by atoms with Crippen molar-refractivity contribution in [2.45, 2.75) is 24.5 Å². The van der Waals surface area contributed by atoms with E-state index in [-0.39, 0.29) is 0 Å². The van der Waals surface area contributed by atoms with Crippen molar-refractivity contribution >= 4 is 7.60 Å². The highest BCUT2D eigenvalue weighted by atomic mass is 31.2. The fraction of sp³-hybridized carbons (Fsp3) is 0.455. The first-order chi connectivity index (χ1) is 10.2. The molecule has 0 aromatic carbocycles. The molecule has 0 amide bonds. The van der Waals surface area contributed by atoms with Gasteiger partial charge in [-0.3, -0.25) is 4.57 Å². The van der Waals surface area contributed by atoms with Crippen LogP contribution in [-0.2, 0) is 14.0 Å². The van der Waals surface area contributed by atoms with E-state index in [4.69, 9.17) is 19.3 Å². The van der Waals surface area contributed by atoms with Crippen LogP contribution < -0.4 is 10.1 Å². The minimum atomic E-state index is -4.40. The quantitative estimate of drug-likeness (QED) is 0.323. The lowest BCUT2D eigenvalue weighted by atomic mass is 10.1. The first-order valence-corrected chi connectivity index (χ1v) is 7.85. The number of nitrogens with one attached hydrogen (secondary N) is 1. The zero-order valence-electron chi connectivity index (χ0n) is 11.4. The van der Waals surface area contributed by atoms with Crippen LogP contribution in [0, 0.1) is 0 Å². The number of rotatable bonds is 4. The van der Waals surface area contributed by atoms with E-state index in [9.17, 15) is 19.6 Å². The molecule has 0 bridgehead atoms. The van der Waals surface area contributed by atoms with Gasteiger partial charge in [0, 0.05) is 12.9 Å². The molecule has 10 nitrogen and oxygen atoms in total. The lowest BCUT2D eigenvalue weighted by molar-refractivity contribution is -0.771. The van der Waals surface area contributed by atoms with Gasteiger partial charge in [-0.05, 0) is 6.08 Å². The smallest absolute Gasteiger partial charge is 0.446 e. The Morgan fingerprint density at radius 3 is 2.73 bits per heavy atom. The van der Waals surface area contributed by atoms with Crippen molar-refractivity contribution < 1.29 is 38.6 Å². The molecule has 5 N–H and O–H groups in total. The van der Waals surface area contributed by atoms with E-state index in [0.29, 0.717) is 5.82 Å². The van der Waals surface area contributed by atoms with Crippen LogP contribution in [0.4, 0.5) is 0 Å². The van der Waals surface area contributed by atoms with Crippen LogP contribution in [0.5, 0.6) is 6.01 Å². The van der Waals surface area contributed by atoms with Crippen molar-refractivity contribution in [3.8, 4) is 6.01 Å². The number of aromatic amines is 1. The third-order valence-corrected chi connectivity index (χ3v) is 3.69. The Labute approximate surface area is 124 Å². The Morgan fingerprint density at radius 2 is 2.18 bits per heavy atom. The number of nitrogens with zero attached hydrogens (tertiary/aromatic N) is 1. The minimum absolute atomic E-state index is 0.508. The number of H-pyrrole nitrogens is 1. The van der Waals surface area contributed by atoms with Gasteiger partial charge >= 0.3 is 19.2 Å². The fourth-order valence-electron chi connectivity index (χ4n) is 2.15. The standard InChI is InChI=1S/C11H15N2O8P/c1-20-9-8(15)6(3-5-22(17,18)19)21-10(9)13-4-2-7(14)12-11(13)16/h2-6,8-10,15H,1H3,(H3,12,14,16,17,18,19)/p+1/b5-3+/t6-,8-,9-,10-/m1/s1. The van der Waals surface area contributed by atoms with Crippen molar-refractivity contribution in [3.05, 3.63) is 34.5 Å². The first kappa shape index (κ1) is 16.8. The lowest BCUT2D eigenvalue weighted by Crippen LogP contribution is -2.48. The minimum Gasteiger partial charge on any atom is -0.446 e. The van der Waals surface area contributed by atoms with Crippen LogP contribution in [0.2, 0.25) is 0 Å². The van der Waals surface area contributed by atoms with E-state index < -0.39 is 43.7 Å². The number of hydrogen-bond acceptors (Lipinski definition) is 6. The van der Waals surface area contributed by atoms with Crippen molar-refractivity contribution in [2.24, 2.45) is 0 Å². The molecule has 1 fully saturated rings. The van der Waals surface area contributed by atoms with E-state index in [2.05, 4.69) is 4.98 Å². The SMILES string of the molecule is CO[C@@H]1[C@H](O)[C@@H](/C=C/P(=O)(O)O)O[C@H]1[n+]1ccc(=O)[nH]c1O. The van der Waals surface area contributed by atoms with Crippen molar-refractivity contribution in [1.82, 2.24) is 4.98 Å². The molecular weight excluding hydrogens is 319 g/mol. The van der Waals surface area contributed by atoms with Crippen molar-refractivity contribution in [2.75, 3.05) is 7.11 Å². The predicted octanol–water partition coefficient (Wildman–Crippen LogP) is -1.67. The van der Waals surface area contributed by atoms with Gasteiger partial charge in [0.1, 0.15) is 18.4 Å². The highest BCUT2D eigenvalue weighted by molar-refractivity contribution is 7.55. The molecule has 4 atom stereocenters. The number of hydrogen-bond donors (Lipinski definition) is 5. The Bertz CT molecular complexity index is 668. The molecular formula is C11H16N2O8P+. The van der Waals surface area contributed by atoms with Crippen LogP contribution in [0.15, 0.2) is 29.0 Å². The van der Waals surface area contributed by atoms with Gasteiger partial charge < -0.3 is 29.5 Å². The molecule has 1 aliphatic rings. The number of aliphatic hydroxyl groups is 1. The summed E-state index contributed by atoms with van der Waals surface area (Å²) in [5, 5.41) is 19.8. The second-order valence-electron chi connectivity index (χ2n) is 4.65. The van der Waals surface area contributed by atoms with Gasteiger partial charge in [0.25, 0.3) is 0 Å². The Morgan fingerprint density at radius 1 is 1.50 bits per heavy atom. The number of aromatic nitrogens is 2. The summed E-state index contributed by atoms with van der Waals surface area (Å²) in [5.41, 5.74) is -0.529. The van der Waals surface area contributed by atoms with Gasteiger partial charge in [0.05, 0.1) is 6.07 Å². The maximum atomic E-state index is 11.1. The molecule has 2 heterocycles. The van der Waals surface area contributed by atoms with Crippen molar-refractivity contribution in [3.63, 3.8) is 0 Å². The third-order valence-electron chi connectivity index (χ3n) is 3.13. The van der Waals surface area contributed by atoms with Crippen molar-refractivity contribution in [1.29, 1.82) is 0 Å². The van der Waals surface area contributed by atoms with E-state index in [1.807, 2.05) is 0 Å². The van der Waals surface area contributed by atoms with Gasteiger partial charge in [-0.1, -0.05) is 0 Å². The summed E-state index contributed by atoms with van der Waals surface area (Å²) in [5.74, 6) is 0.618. The highest BCUT2D eigenvalue weighted by Crippen LogP contribution is 2.38. The van der Waals surface area contributed by atoms with Crippen LogP contribution >= 0.6 is 7.60 Å². The maximum absolute atomic E-state index is 11.1. The molecule has 11 heteroatoms. The average molecular weight is 335 g/mol. The second-order valence-corrected chi connectivity index (χ2v) is 6.12. The highest BCUT2D eigenvalue weighted by Gasteiger charge is 2.47. The monoisotopic (exact) mass is 335 g/mol. The average Bonchev–Trinajstić information content (AvgIpc) is 2.72. The molecule has 0 radical (unpaired) electrons. The lowest BCUT2D eigenvalue weighted by Gasteiger charge is -2.16. The van der Waals surface area contributed by atoms with Gasteiger partial charge in [0.15, 0.2) is 6.10 Å². The Hall–Kier alpha value is -1.55. The topological polar surface area (TPSA) is 153 Å². The van der Waals surface area contributed by atoms with Crippen LogP contribution in [0.25, 0.3) is 0 Å². The molecule has 22 heavy (non-hydrogen) atoms. The van der Waals surface area contributed by atoms with E-state index in [0.717, 1.165) is 16.7 Å². The maximum Gasteiger partial charge on any atom is 0.456 e. The molecule has 1 aliphatic heterocycles. The summed E-state index contributed by atoms with van der Waals surface area (Å²) in [4.78, 5) is 30.9. The van der Waals surface area contributed by atoms with Gasteiger partial charge in [-0.25, -0.2) is 4.79 Å². The fourth-order valence-corrected chi connectivity index (χ4v) is 2.54. The summed E-state index contributed by atoms with van der Waals surface area (Å²) in [6, 6.07) is 0.632. The summed E-state index contributed by atoms with van der Waals surface area (Å²) in [6.45, 7) is 0. The third kappa shape index (κ3) is 3.61. The zero-order chi connectivity index (χ0) is 16.5. The number of aromatic hydroxyl groups is 1. The molecule has 122 valence electrons. The molecule has 2 rings (SSSR count). The van der Waals surface area contributed by atoms with Crippen LogP contribution in [-0.4, -0.2) is 50.4 Å². The summed E-state index contributed by atoms with van der Waals surface area (Å²) >= 11 is 0. The number of aliphatic hydroxyl groups excluding tert-OH is 1. The second kappa shape index (κ2) is 6.29. The normalized spacial score (nSPS) is 29.3. The summed E-state index contributed by atoms with van der Waals surface area (Å²) in [6.07, 6.45) is -1.93. The number of ether oxygens (including phenoxy) is 2. The Balaban J connectivity index is 2.31. The largest absolute Gasteiger partial charge is 0.456 e. The van der Waals surface area contributed by atoms with E-state index in [1.165, 1.54) is 13.3 Å². The Kier molecular flexibility index (Phi) is 4.81. The van der Waals surface area contributed by atoms with E-state index in [1.54, 1.807) is 0 Å². The summed E-state index contributed by atoms with van der Waals surface area (Å²) < 4.78 is 22.5. The van der Waals surface area contributed by atoms with Gasteiger partial charge in [0.2, 0.25) is 6.23 Å². The van der Waals surface area contributed by atoms with E-state index >= 15 is 0 Å². The predicted molar refractivity (Wildman–Crippen MR) is 70.8 cm³/mol. The molecule has 1 saturated heterocycles. The molecule has 0 unspecified atom stereocenters. The first-order valence-electron chi connectivity index (χ1n) is 6.17. The van der Waals surface area contributed by atoms with Crippen LogP contribution in [0.1, 0.15) is 6.23 Å². The molecule has 0 saturated carbocycles. The molecule has 1 aromatic heterocycles. The summed E-state index contributed by atoms with van der Waals surface area (Å²) in [7, 11) is -3.09. The number of methoxy groups -OCH3 is 1. The van der Waals surface area contributed by atoms with Gasteiger partial charge in [-0.2, -0.15) is 9.55 Å². The zero-order valence-corrected chi connectivity index (χ0v) is 12.3.